The Kier molecular flexibility index (Phi) is 5.05. The highest BCUT2D eigenvalue weighted by Gasteiger charge is 2.21. The maximum Gasteiger partial charge on any atom is 0.324 e. The summed E-state index contributed by atoms with van der Waals surface area (Å²) in [5.74, 6) is 1.93. The molecular weight excluding hydrogens is 184 g/mol. The summed E-state index contributed by atoms with van der Waals surface area (Å²) in [5.41, 5.74) is 0. The monoisotopic (exact) mass is 202 g/mol. The molecule has 2 N–H and O–H groups in total. The second-order valence-corrected chi connectivity index (χ2v) is 4.29. The van der Waals surface area contributed by atoms with Crippen LogP contribution in [0.2, 0.25) is 0 Å². The van der Waals surface area contributed by atoms with Crippen molar-refractivity contribution < 1.29 is 4.79 Å². The molecule has 0 radical (unpaired) electrons. The fourth-order valence-corrected chi connectivity index (χ4v) is 1.78. The van der Waals surface area contributed by atoms with E-state index in [0.29, 0.717) is 0 Å². The maximum absolute atomic E-state index is 11.1. The smallest absolute Gasteiger partial charge is 0.324 e. The normalized spacial score (nSPS) is 15.5. The van der Waals surface area contributed by atoms with Gasteiger partial charge in [-0.1, -0.05) is 13.3 Å². The third-order valence-corrected chi connectivity index (χ3v) is 2.96. The molecule has 1 fully saturated rings. The van der Waals surface area contributed by atoms with E-state index in [2.05, 4.69) is 17.0 Å². The molecule has 0 aromatic rings. The molecule has 1 saturated carbocycles. The van der Waals surface area contributed by atoms with Gasteiger partial charge in [-0.15, -0.1) is 0 Å². The molecule has 0 atom stereocenters. The van der Waals surface area contributed by atoms with Gasteiger partial charge in [-0.3, -0.25) is 4.72 Å². The predicted octanol–water partition coefficient (Wildman–Crippen LogP) is 2.14. The number of nitrogens with one attached hydrogen (secondary N) is 2. The number of hydrogen-bond acceptors (Lipinski definition) is 2. The minimum atomic E-state index is -0.0425. The summed E-state index contributed by atoms with van der Waals surface area (Å²) >= 11 is 1.53. The lowest BCUT2D eigenvalue weighted by Crippen LogP contribution is -2.32. The molecule has 0 aromatic heterocycles. The predicted molar refractivity (Wildman–Crippen MR) is 56.6 cm³/mol. The van der Waals surface area contributed by atoms with Gasteiger partial charge in [-0.25, -0.2) is 4.79 Å². The van der Waals surface area contributed by atoms with E-state index < -0.39 is 0 Å². The number of rotatable bonds is 6. The number of hydrogen-bond donors (Lipinski definition) is 2. The van der Waals surface area contributed by atoms with Crippen LogP contribution in [-0.2, 0) is 0 Å². The number of amides is 2. The van der Waals surface area contributed by atoms with Crippen LogP contribution in [0.3, 0.4) is 0 Å². The molecule has 76 valence electrons. The Morgan fingerprint density at radius 1 is 1.54 bits per heavy atom. The second-order valence-electron chi connectivity index (χ2n) is 3.47. The van der Waals surface area contributed by atoms with Gasteiger partial charge < -0.3 is 5.32 Å². The van der Waals surface area contributed by atoms with Crippen LogP contribution >= 0.6 is 11.9 Å². The first kappa shape index (κ1) is 10.7. The molecule has 0 aromatic carbocycles. The second kappa shape index (κ2) is 6.13. The molecule has 3 nitrogen and oxygen atoms in total. The molecule has 1 aliphatic rings. The van der Waals surface area contributed by atoms with Gasteiger partial charge in [0.1, 0.15) is 0 Å². The van der Waals surface area contributed by atoms with Crippen LogP contribution in [0.15, 0.2) is 0 Å². The van der Waals surface area contributed by atoms with E-state index in [1.165, 1.54) is 24.8 Å². The van der Waals surface area contributed by atoms with Gasteiger partial charge in [0.2, 0.25) is 0 Å². The summed E-state index contributed by atoms with van der Waals surface area (Å²) < 4.78 is 2.78. The van der Waals surface area contributed by atoms with Crippen LogP contribution in [0, 0.1) is 5.92 Å². The number of carbonyl (C=O) groups excluding carboxylic acids is 1. The molecule has 0 bridgehead atoms. The Morgan fingerprint density at radius 2 is 2.31 bits per heavy atom. The van der Waals surface area contributed by atoms with Crippen LogP contribution in [0.1, 0.15) is 32.6 Å². The van der Waals surface area contributed by atoms with Crippen molar-refractivity contribution in [1.82, 2.24) is 10.0 Å². The van der Waals surface area contributed by atoms with E-state index in [1.54, 1.807) is 0 Å². The highest BCUT2D eigenvalue weighted by molar-refractivity contribution is 7.97. The van der Waals surface area contributed by atoms with Crippen molar-refractivity contribution in [2.24, 2.45) is 5.92 Å². The SMILES string of the molecule is CCCCNC(=O)NSCC1CC1. The van der Waals surface area contributed by atoms with Gasteiger partial charge in [-0.05, 0) is 37.1 Å². The third-order valence-electron chi connectivity index (χ3n) is 2.00. The zero-order valence-corrected chi connectivity index (χ0v) is 8.95. The average molecular weight is 202 g/mol. The van der Waals surface area contributed by atoms with E-state index in [9.17, 15) is 4.79 Å². The van der Waals surface area contributed by atoms with E-state index in [4.69, 9.17) is 0 Å². The van der Waals surface area contributed by atoms with Crippen molar-refractivity contribution in [1.29, 1.82) is 0 Å². The fourth-order valence-electron chi connectivity index (χ4n) is 0.924. The minimum Gasteiger partial charge on any atom is -0.337 e. The summed E-state index contributed by atoms with van der Waals surface area (Å²) in [6, 6.07) is -0.0425. The largest absolute Gasteiger partial charge is 0.337 e. The summed E-state index contributed by atoms with van der Waals surface area (Å²) in [4.78, 5) is 11.1. The van der Waals surface area contributed by atoms with Gasteiger partial charge in [0.25, 0.3) is 0 Å². The fraction of sp³-hybridized carbons (Fsp3) is 0.889. The van der Waals surface area contributed by atoms with Gasteiger partial charge in [0, 0.05) is 12.3 Å². The maximum atomic E-state index is 11.1. The van der Waals surface area contributed by atoms with E-state index in [0.717, 1.165) is 31.1 Å². The molecule has 0 heterocycles. The first-order valence-electron chi connectivity index (χ1n) is 4.98. The van der Waals surface area contributed by atoms with E-state index in [-0.39, 0.29) is 6.03 Å². The van der Waals surface area contributed by atoms with E-state index in [1.807, 2.05) is 0 Å². The van der Waals surface area contributed by atoms with Crippen molar-refractivity contribution in [3.8, 4) is 0 Å². The molecule has 1 rings (SSSR count). The highest BCUT2D eigenvalue weighted by Crippen LogP contribution is 2.31. The Hall–Kier alpha value is -0.380. The number of carbonyl (C=O) groups is 1. The average Bonchev–Trinajstić information content (AvgIpc) is 2.89. The first-order valence-corrected chi connectivity index (χ1v) is 5.97. The summed E-state index contributed by atoms with van der Waals surface area (Å²) in [7, 11) is 0. The number of unbranched alkanes of at least 4 members (excludes halogenated alkanes) is 1. The first-order chi connectivity index (χ1) is 6.33. The zero-order valence-electron chi connectivity index (χ0n) is 8.14. The molecule has 13 heavy (non-hydrogen) atoms. The summed E-state index contributed by atoms with van der Waals surface area (Å²) in [5, 5.41) is 2.81. The van der Waals surface area contributed by atoms with Gasteiger partial charge >= 0.3 is 6.03 Å². The van der Waals surface area contributed by atoms with Crippen molar-refractivity contribution in [3.05, 3.63) is 0 Å². The Morgan fingerprint density at radius 3 is 2.92 bits per heavy atom. The Balaban J connectivity index is 1.84. The van der Waals surface area contributed by atoms with Crippen molar-refractivity contribution in [3.63, 3.8) is 0 Å². The third kappa shape index (κ3) is 5.80. The highest BCUT2D eigenvalue weighted by atomic mass is 32.2. The summed E-state index contributed by atoms with van der Waals surface area (Å²) in [6.07, 6.45) is 4.86. The molecule has 4 heteroatoms. The lowest BCUT2D eigenvalue weighted by molar-refractivity contribution is 0.246. The lowest BCUT2D eigenvalue weighted by atomic mass is 10.3. The Bertz CT molecular complexity index is 160. The van der Waals surface area contributed by atoms with Gasteiger partial charge in [0.15, 0.2) is 0 Å². The standard InChI is InChI=1S/C9H18N2OS/c1-2-3-6-10-9(12)11-13-7-8-4-5-8/h8H,2-7H2,1H3,(H2,10,11,12). The van der Waals surface area contributed by atoms with Crippen molar-refractivity contribution in [2.75, 3.05) is 12.3 Å². The van der Waals surface area contributed by atoms with Crippen LogP contribution in [0.25, 0.3) is 0 Å². The van der Waals surface area contributed by atoms with Crippen LogP contribution in [-0.4, -0.2) is 18.3 Å². The van der Waals surface area contributed by atoms with Crippen molar-refractivity contribution in [2.45, 2.75) is 32.6 Å². The molecule has 0 spiro atoms. The minimum absolute atomic E-state index is 0.0425. The quantitative estimate of drug-likeness (QED) is 0.512. The van der Waals surface area contributed by atoms with Gasteiger partial charge in [0.05, 0.1) is 0 Å². The molecule has 0 aliphatic heterocycles. The molecule has 0 saturated heterocycles. The van der Waals surface area contributed by atoms with E-state index >= 15 is 0 Å². The topological polar surface area (TPSA) is 41.1 Å². The summed E-state index contributed by atoms with van der Waals surface area (Å²) in [6.45, 7) is 2.90. The van der Waals surface area contributed by atoms with Crippen LogP contribution in [0.5, 0.6) is 0 Å². The van der Waals surface area contributed by atoms with Crippen molar-refractivity contribution >= 4 is 18.0 Å². The number of urea groups is 1. The zero-order chi connectivity index (χ0) is 9.52. The molecule has 2 amide bonds. The van der Waals surface area contributed by atoms with Gasteiger partial charge in [-0.2, -0.15) is 0 Å². The molecule has 0 unspecified atom stereocenters. The Labute approximate surface area is 84.2 Å². The molecule has 1 aliphatic carbocycles. The lowest BCUT2D eigenvalue weighted by Gasteiger charge is -2.05. The van der Waals surface area contributed by atoms with Crippen LogP contribution < -0.4 is 10.0 Å². The molecular formula is C9H18N2OS. The van der Waals surface area contributed by atoms with Crippen LogP contribution in [0.4, 0.5) is 4.79 Å².